The van der Waals surface area contributed by atoms with E-state index < -0.39 is 0 Å². The van der Waals surface area contributed by atoms with Gasteiger partial charge in [-0.2, -0.15) is 0 Å². The van der Waals surface area contributed by atoms with Crippen LogP contribution in [0.3, 0.4) is 0 Å². The largest absolute Gasteiger partial charge is 0.349 e. The number of hydrogen-bond donors (Lipinski definition) is 1. The van der Waals surface area contributed by atoms with Crippen LogP contribution in [0.1, 0.15) is 37.0 Å². The van der Waals surface area contributed by atoms with Crippen LogP contribution < -0.4 is 10.9 Å². The van der Waals surface area contributed by atoms with E-state index in [4.69, 9.17) is 0 Å². The molecule has 0 saturated heterocycles. The fourth-order valence-corrected chi connectivity index (χ4v) is 2.84. The van der Waals surface area contributed by atoms with Gasteiger partial charge in [0.25, 0.3) is 11.5 Å². The Kier molecular flexibility index (Phi) is 4.06. The molecule has 1 aromatic rings. The molecule has 18 heavy (non-hydrogen) atoms. The molecule has 0 aromatic carbocycles. The number of aromatic nitrogens is 2. The van der Waals surface area contributed by atoms with Crippen LogP contribution in [0.5, 0.6) is 0 Å². The lowest BCUT2D eigenvalue weighted by Crippen LogP contribution is -2.38. The van der Waals surface area contributed by atoms with Gasteiger partial charge in [0.2, 0.25) is 0 Å². The SMILES string of the molecule is CCC(CC)NC(=O)c1cnc2n(c1=O)CCS2. The highest BCUT2D eigenvalue weighted by atomic mass is 32.2. The van der Waals surface area contributed by atoms with Crippen molar-refractivity contribution in [3.8, 4) is 0 Å². The molecule has 1 aliphatic rings. The molecule has 0 fully saturated rings. The van der Waals surface area contributed by atoms with Crippen molar-refractivity contribution in [3.63, 3.8) is 0 Å². The molecule has 0 unspecified atom stereocenters. The highest BCUT2D eigenvalue weighted by Crippen LogP contribution is 2.20. The molecule has 98 valence electrons. The summed E-state index contributed by atoms with van der Waals surface area (Å²) >= 11 is 1.55. The van der Waals surface area contributed by atoms with Gasteiger partial charge in [0.15, 0.2) is 5.16 Å². The average Bonchev–Trinajstić information content (AvgIpc) is 2.85. The normalized spacial score (nSPS) is 13.7. The molecule has 1 aromatic heterocycles. The van der Waals surface area contributed by atoms with E-state index in [2.05, 4.69) is 10.3 Å². The van der Waals surface area contributed by atoms with Gasteiger partial charge in [0, 0.05) is 24.5 Å². The number of thioether (sulfide) groups is 1. The molecule has 1 amide bonds. The summed E-state index contributed by atoms with van der Waals surface area (Å²) in [7, 11) is 0. The van der Waals surface area contributed by atoms with Crippen molar-refractivity contribution in [3.05, 3.63) is 22.1 Å². The number of rotatable bonds is 4. The van der Waals surface area contributed by atoms with E-state index in [9.17, 15) is 9.59 Å². The second-order valence-electron chi connectivity index (χ2n) is 4.25. The fourth-order valence-electron chi connectivity index (χ4n) is 1.93. The van der Waals surface area contributed by atoms with Crippen LogP contribution >= 0.6 is 11.8 Å². The summed E-state index contributed by atoms with van der Waals surface area (Å²) in [5.41, 5.74) is -0.0818. The Labute approximate surface area is 110 Å². The second kappa shape index (κ2) is 5.56. The van der Waals surface area contributed by atoms with Crippen molar-refractivity contribution in [2.75, 3.05) is 5.75 Å². The molecule has 2 rings (SSSR count). The number of fused-ring (bicyclic) bond motifs is 1. The zero-order chi connectivity index (χ0) is 13.1. The first kappa shape index (κ1) is 13.1. The molecular formula is C12H17N3O2S. The van der Waals surface area contributed by atoms with Gasteiger partial charge in [-0.3, -0.25) is 14.2 Å². The van der Waals surface area contributed by atoms with E-state index >= 15 is 0 Å². The van der Waals surface area contributed by atoms with Crippen LogP contribution in [0.2, 0.25) is 0 Å². The molecule has 0 spiro atoms. The topological polar surface area (TPSA) is 64.0 Å². The van der Waals surface area contributed by atoms with E-state index in [1.165, 1.54) is 6.20 Å². The summed E-state index contributed by atoms with van der Waals surface area (Å²) in [4.78, 5) is 28.3. The Morgan fingerprint density at radius 1 is 1.56 bits per heavy atom. The predicted octanol–water partition coefficient (Wildman–Crippen LogP) is 1.27. The third-order valence-electron chi connectivity index (χ3n) is 3.12. The van der Waals surface area contributed by atoms with Crippen molar-refractivity contribution in [2.24, 2.45) is 0 Å². The lowest BCUT2D eigenvalue weighted by molar-refractivity contribution is 0.0932. The number of nitrogens with zero attached hydrogens (tertiary/aromatic N) is 2. The number of amides is 1. The van der Waals surface area contributed by atoms with Crippen LogP contribution in [0, 0.1) is 0 Å². The third kappa shape index (κ3) is 2.43. The Hall–Kier alpha value is -1.30. The molecule has 0 atom stereocenters. The Balaban J connectivity index is 2.24. The van der Waals surface area contributed by atoms with Gasteiger partial charge in [0.1, 0.15) is 5.56 Å². The average molecular weight is 267 g/mol. The Morgan fingerprint density at radius 2 is 2.28 bits per heavy atom. The summed E-state index contributed by atoms with van der Waals surface area (Å²) in [6, 6.07) is 0.115. The van der Waals surface area contributed by atoms with Crippen molar-refractivity contribution in [1.82, 2.24) is 14.9 Å². The van der Waals surface area contributed by atoms with Gasteiger partial charge in [-0.15, -0.1) is 0 Å². The molecule has 0 saturated carbocycles. The Morgan fingerprint density at radius 3 is 2.94 bits per heavy atom. The first-order chi connectivity index (χ1) is 8.67. The van der Waals surface area contributed by atoms with Gasteiger partial charge in [-0.05, 0) is 12.8 Å². The first-order valence-electron chi connectivity index (χ1n) is 6.20. The standard InChI is InChI=1S/C12H17N3O2S/c1-3-8(4-2)14-10(16)9-7-13-12-15(11(9)17)5-6-18-12/h7-8H,3-6H2,1-2H3,(H,14,16). The van der Waals surface area contributed by atoms with E-state index in [0.29, 0.717) is 11.7 Å². The fraction of sp³-hybridized carbons (Fsp3) is 0.583. The van der Waals surface area contributed by atoms with Crippen molar-refractivity contribution >= 4 is 17.7 Å². The summed E-state index contributed by atoms with van der Waals surface area (Å²) < 4.78 is 1.58. The number of hydrogen-bond acceptors (Lipinski definition) is 4. The zero-order valence-corrected chi connectivity index (χ0v) is 11.4. The van der Waals surface area contributed by atoms with E-state index in [0.717, 1.165) is 18.6 Å². The smallest absolute Gasteiger partial charge is 0.267 e. The van der Waals surface area contributed by atoms with Crippen molar-refractivity contribution in [2.45, 2.75) is 44.4 Å². The highest BCUT2D eigenvalue weighted by Gasteiger charge is 2.20. The molecule has 1 N–H and O–H groups in total. The molecule has 0 bridgehead atoms. The minimum atomic E-state index is -0.312. The molecule has 6 heteroatoms. The van der Waals surface area contributed by atoms with Crippen LogP contribution in [-0.4, -0.2) is 27.3 Å². The molecule has 2 heterocycles. The van der Waals surface area contributed by atoms with E-state index in [-0.39, 0.29) is 23.1 Å². The zero-order valence-electron chi connectivity index (χ0n) is 10.6. The summed E-state index contributed by atoms with van der Waals surface area (Å²) in [5, 5.41) is 3.57. The van der Waals surface area contributed by atoms with Gasteiger partial charge in [-0.25, -0.2) is 4.98 Å². The third-order valence-corrected chi connectivity index (χ3v) is 4.09. The maximum Gasteiger partial charge on any atom is 0.267 e. The lowest BCUT2D eigenvalue weighted by atomic mass is 10.1. The quantitative estimate of drug-likeness (QED) is 0.834. The van der Waals surface area contributed by atoms with Crippen LogP contribution in [-0.2, 0) is 6.54 Å². The molecule has 5 nitrogen and oxygen atoms in total. The number of carbonyl (C=O) groups excluding carboxylic acids is 1. The van der Waals surface area contributed by atoms with Crippen LogP contribution in [0.15, 0.2) is 16.1 Å². The first-order valence-corrected chi connectivity index (χ1v) is 7.19. The monoisotopic (exact) mass is 267 g/mol. The van der Waals surface area contributed by atoms with Crippen molar-refractivity contribution in [1.29, 1.82) is 0 Å². The lowest BCUT2D eigenvalue weighted by Gasteiger charge is -2.14. The van der Waals surface area contributed by atoms with Crippen LogP contribution in [0.25, 0.3) is 0 Å². The van der Waals surface area contributed by atoms with Gasteiger partial charge >= 0.3 is 0 Å². The maximum atomic E-state index is 12.1. The molecule has 0 aliphatic carbocycles. The number of carbonyl (C=O) groups is 1. The van der Waals surface area contributed by atoms with Crippen molar-refractivity contribution < 1.29 is 4.79 Å². The minimum Gasteiger partial charge on any atom is -0.349 e. The maximum absolute atomic E-state index is 12.1. The second-order valence-corrected chi connectivity index (χ2v) is 5.31. The van der Waals surface area contributed by atoms with Gasteiger partial charge < -0.3 is 5.32 Å². The predicted molar refractivity (Wildman–Crippen MR) is 71.1 cm³/mol. The molecule has 0 radical (unpaired) electrons. The summed E-state index contributed by atoms with van der Waals surface area (Å²) in [6.07, 6.45) is 3.11. The van der Waals surface area contributed by atoms with E-state index in [1.54, 1.807) is 16.3 Å². The summed E-state index contributed by atoms with van der Waals surface area (Å²) in [6.45, 7) is 4.66. The van der Waals surface area contributed by atoms with Crippen LogP contribution in [0.4, 0.5) is 0 Å². The summed E-state index contributed by atoms with van der Waals surface area (Å²) in [5.74, 6) is 0.535. The minimum absolute atomic E-state index is 0.115. The Bertz CT molecular complexity index is 509. The highest BCUT2D eigenvalue weighted by molar-refractivity contribution is 7.99. The number of nitrogens with one attached hydrogen (secondary N) is 1. The van der Waals surface area contributed by atoms with Gasteiger partial charge in [-0.1, -0.05) is 25.6 Å². The van der Waals surface area contributed by atoms with E-state index in [1.807, 2.05) is 13.8 Å². The van der Waals surface area contributed by atoms with Gasteiger partial charge in [0.05, 0.1) is 0 Å². The molecule has 1 aliphatic heterocycles. The molecular weight excluding hydrogens is 250 g/mol.